The van der Waals surface area contributed by atoms with E-state index < -0.39 is 0 Å². The topological polar surface area (TPSA) is 15.8 Å². The normalized spacial score (nSPS) is 11.8. The van der Waals surface area contributed by atoms with E-state index in [0.717, 1.165) is 0 Å². The van der Waals surface area contributed by atoms with Crippen LogP contribution in [0.3, 0.4) is 0 Å². The highest BCUT2D eigenvalue weighted by Gasteiger charge is 2.13. The molecule has 1 heterocycles. The number of aromatic amines is 1. The lowest BCUT2D eigenvalue weighted by Crippen LogP contribution is -2.10. The molecule has 1 nitrogen and oxygen atoms in total. The Morgan fingerprint density at radius 3 is 1.94 bits per heavy atom. The number of hydrogen-bond acceptors (Lipinski definition) is 0. The van der Waals surface area contributed by atoms with Gasteiger partial charge in [0.1, 0.15) is 0 Å². The second-order valence-corrected chi connectivity index (χ2v) is 5.38. The van der Waals surface area contributed by atoms with Crippen LogP contribution in [0.25, 0.3) is 11.3 Å². The first-order chi connectivity index (χ1) is 7.47. The molecule has 0 aliphatic carbocycles. The van der Waals surface area contributed by atoms with Crippen LogP contribution in [0, 0.1) is 6.92 Å². The number of aryl methyl sites for hydroxylation is 1. The van der Waals surface area contributed by atoms with E-state index in [-0.39, 0.29) is 5.41 Å². The molecular formula is C15H19N. The Labute approximate surface area is 97.5 Å². The van der Waals surface area contributed by atoms with Gasteiger partial charge in [0, 0.05) is 11.4 Å². The predicted molar refractivity (Wildman–Crippen MR) is 69.7 cm³/mol. The highest BCUT2D eigenvalue weighted by molar-refractivity contribution is 5.60. The van der Waals surface area contributed by atoms with Crippen molar-refractivity contribution in [2.24, 2.45) is 0 Å². The fourth-order valence-electron chi connectivity index (χ4n) is 1.82. The highest BCUT2D eigenvalue weighted by atomic mass is 14.7. The van der Waals surface area contributed by atoms with Gasteiger partial charge in [-0.3, -0.25) is 0 Å². The van der Waals surface area contributed by atoms with E-state index >= 15 is 0 Å². The van der Waals surface area contributed by atoms with Gasteiger partial charge in [-0.15, -0.1) is 0 Å². The molecule has 2 aromatic rings. The standard InChI is InChI=1S/C15H19N/c1-11-5-10-14(16-11)12-6-8-13(9-7-12)15(2,3)4/h5-10,16H,1-4H3. The van der Waals surface area contributed by atoms with Crippen molar-refractivity contribution in [3.63, 3.8) is 0 Å². The molecule has 0 aliphatic rings. The monoisotopic (exact) mass is 213 g/mol. The van der Waals surface area contributed by atoms with Gasteiger partial charge >= 0.3 is 0 Å². The first-order valence-corrected chi connectivity index (χ1v) is 5.73. The Morgan fingerprint density at radius 1 is 0.875 bits per heavy atom. The molecule has 1 N–H and O–H groups in total. The quantitative estimate of drug-likeness (QED) is 0.727. The molecule has 0 saturated carbocycles. The molecular weight excluding hydrogens is 194 g/mol. The molecule has 0 unspecified atom stereocenters. The van der Waals surface area contributed by atoms with Crippen molar-refractivity contribution in [3.05, 3.63) is 47.7 Å². The Morgan fingerprint density at radius 2 is 1.50 bits per heavy atom. The van der Waals surface area contributed by atoms with Crippen molar-refractivity contribution in [1.29, 1.82) is 0 Å². The van der Waals surface area contributed by atoms with Crippen molar-refractivity contribution in [1.82, 2.24) is 4.98 Å². The summed E-state index contributed by atoms with van der Waals surface area (Å²) in [6.07, 6.45) is 0. The van der Waals surface area contributed by atoms with Gasteiger partial charge in [0.15, 0.2) is 0 Å². The molecule has 1 heteroatoms. The molecule has 0 atom stereocenters. The number of hydrogen-bond donors (Lipinski definition) is 1. The predicted octanol–water partition coefficient (Wildman–Crippen LogP) is 4.29. The molecule has 0 aliphatic heterocycles. The van der Waals surface area contributed by atoms with Gasteiger partial charge in [-0.1, -0.05) is 45.0 Å². The highest BCUT2D eigenvalue weighted by Crippen LogP contribution is 2.25. The summed E-state index contributed by atoms with van der Waals surface area (Å²) in [6.45, 7) is 8.79. The van der Waals surface area contributed by atoms with Gasteiger partial charge in [-0.25, -0.2) is 0 Å². The number of nitrogens with one attached hydrogen (secondary N) is 1. The van der Waals surface area contributed by atoms with Crippen LogP contribution in [0.4, 0.5) is 0 Å². The van der Waals surface area contributed by atoms with Gasteiger partial charge < -0.3 is 4.98 Å². The fourth-order valence-corrected chi connectivity index (χ4v) is 1.82. The van der Waals surface area contributed by atoms with Gasteiger partial charge in [0.2, 0.25) is 0 Å². The summed E-state index contributed by atoms with van der Waals surface area (Å²) >= 11 is 0. The van der Waals surface area contributed by atoms with E-state index in [9.17, 15) is 0 Å². The van der Waals surface area contributed by atoms with Gasteiger partial charge in [0.25, 0.3) is 0 Å². The summed E-state index contributed by atoms with van der Waals surface area (Å²) in [4.78, 5) is 3.35. The minimum absolute atomic E-state index is 0.226. The second kappa shape index (κ2) is 3.82. The summed E-state index contributed by atoms with van der Waals surface area (Å²) in [5, 5.41) is 0. The van der Waals surface area contributed by atoms with Crippen molar-refractivity contribution < 1.29 is 0 Å². The van der Waals surface area contributed by atoms with Crippen LogP contribution in [0.5, 0.6) is 0 Å². The smallest absolute Gasteiger partial charge is 0.0455 e. The zero-order chi connectivity index (χ0) is 11.8. The number of rotatable bonds is 1. The number of aromatic nitrogens is 1. The molecule has 1 aromatic carbocycles. The van der Waals surface area contributed by atoms with Crippen molar-refractivity contribution in [3.8, 4) is 11.3 Å². The molecule has 0 radical (unpaired) electrons. The summed E-state index contributed by atoms with van der Waals surface area (Å²) < 4.78 is 0. The van der Waals surface area contributed by atoms with E-state index in [1.54, 1.807) is 0 Å². The van der Waals surface area contributed by atoms with E-state index in [1.807, 2.05) is 0 Å². The minimum atomic E-state index is 0.226. The molecule has 0 saturated heterocycles. The van der Waals surface area contributed by atoms with Crippen LogP contribution in [-0.2, 0) is 5.41 Å². The van der Waals surface area contributed by atoms with Crippen LogP contribution in [0.1, 0.15) is 32.0 Å². The third kappa shape index (κ3) is 2.19. The Balaban J connectivity index is 2.33. The molecule has 84 valence electrons. The summed E-state index contributed by atoms with van der Waals surface area (Å²) in [5.41, 5.74) is 5.25. The largest absolute Gasteiger partial charge is 0.359 e. The first-order valence-electron chi connectivity index (χ1n) is 5.73. The zero-order valence-electron chi connectivity index (χ0n) is 10.5. The Bertz CT molecular complexity index is 469. The van der Waals surface area contributed by atoms with Crippen molar-refractivity contribution in [2.75, 3.05) is 0 Å². The summed E-state index contributed by atoms with van der Waals surface area (Å²) in [7, 11) is 0. The fraction of sp³-hybridized carbons (Fsp3) is 0.333. The van der Waals surface area contributed by atoms with Crippen LogP contribution in [-0.4, -0.2) is 4.98 Å². The van der Waals surface area contributed by atoms with E-state index in [1.165, 1.54) is 22.5 Å². The maximum absolute atomic E-state index is 3.35. The van der Waals surface area contributed by atoms with Crippen LogP contribution in [0.2, 0.25) is 0 Å². The van der Waals surface area contributed by atoms with Gasteiger partial charge in [-0.05, 0) is 35.6 Å². The number of benzene rings is 1. The summed E-state index contributed by atoms with van der Waals surface area (Å²) in [6, 6.07) is 13.0. The molecule has 0 spiro atoms. The Hall–Kier alpha value is -1.50. The lowest BCUT2D eigenvalue weighted by Gasteiger charge is -2.19. The van der Waals surface area contributed by atoms with E-state index in [2.05, 4.69) is 69.1 Å². The van der Waals surface area contributed by atoms with Crippen LogP contribution in [0.15, 0.2) is 36.4 Å². The van der Waals surface area contributed by atoms with Crippen LogP contribution >= 0.6 is 0 Å². The van der Waals surface area contributed by atoms with E-state index in [0.29, 0.717) is 0 Å². The lowest BCUT2D eigenvalue weighted by molar-refractivity contribution is 0.590. The maximum Gasteiger partial charge on any atom is 0.0455 e. The molecule has 0 bridgehead atoms. The number of H-pyrrole nitrogens is 1. The average Bonchev–Trinajstić information content (AvgIpc) is 2.64. The van der Waals surface area contributed by atoms with E-state index in [4.69, 9.17) is 0 Å². The maximum atomic E-state index is 3.35. The van der Waals surface area contributed by atoms with Crippen molar-refractivity contribution >= 4 is 0 Å². The molecule has 16 heavy (non-hydrogen) atoms. The average molecular weight is 213 g/mol. The SMILES string of the molecule is Cc1ccc(-c2ccc(C(C)(C)C)cc2)[nH]1. The molecule has 0 amide bonds. The van der Waals surface area contributed by atoms with Crippen LogP contribution < -0.4 is 0 Å². The molecule has 0 fully saturated rings. The minimum Gasteiger partial charge on any atom is -0.359 e. The third-order valence-corrected chi connectivity index (χ3v) is 2.89. The zero-order valence-corrected chi connectivity index (χ0v) is 10.5. The van der Waals surface area contributed by atoms with Crippen molar-refractivity contribution in [2.45, 2.75) is 33.1 Å². The Kier molecular flexibility index (Phi) is 2.63. The lowest BCUT2D eigenvalue weighted by atomic mass is 9.86. The summed E-state index contributed by atoms with van der Waals surface area (Å²) in [5.74, 6) is 0. The first kappa shape index (κ1) is 11.0. The van der Waals surface area contributed by atoms with Gasteiger partial charge in [-0.2, -0.15) is 0 Å². The molecule has 1 aromatic heterocycles. The second-order valence-electron chi connectivity index (χ2n) is 5.38. The van der Waals surface area contributed by atoms with Gasteiger partial charge in [0.05, 0.1) is 0 Å². The molecule has 2 rings (SSSR count). The third-order valence-electron chi connectivity index (χ3n) is 2.89.